The van der Waals surface area contributed by atoms with Crippen LogP contribution in [0.1, 0.15) is 22.8 Å². The Balaban J connectivity index is 1.37. The van der Waals surface area contributed by atoms with E-state index in [9.17, 15) is 9.59 Å². The molecule has 0 aromatic heterocycles. The fourth-order valence-corrected chi connectivity index (χ4v) is 5.11. The lowest BCUT2D eigenvalue weighted by Gasteiger charge is -2.35. The predicted molar refractivity (Wildman–Crippen MR) is 154 cm³/mol. The SMILES string of the molecule is COc1ccc(NC(=O)Cc2cccc3c(-c4ccc(C(C)=O)cc4)cccc23)cc1N1CCN(C)CC1. The molecule has 0 radical (unpaired) electrons. The number of carbonyl (C=O) groups is 2. The van der Waals surface area contributed by atoms with Crippen LogP contribution in [0.4, 0.5) is 11.4 Å². The molecule has 1 aliphatic rings. The van der Waals surface area contributed by atoms with Crippen LogP contribution in [-0.4, -0.2) is 56.9 Å². The van der Waals surface area contributed by atoms with E-state index >= 15 is 0 Å². The summed E-state index contributed by atoms with van der Waals surface area (Å²) >= 11 is 0. The molecule has 4 aromatic carbocycles. The fraction of sp³-hybridized carbons (Fsp3) is 0.250. The number of hydrogen-bond donors (Lipinski definition) is 1. The number of rotatable bonds is 7. The Hall–Kier alpha value is -4.16. The third-order valence-electron chi connectivity index (χ3n) is 7.27. The Bertz CT molecular complexity index is 1470. The summed E-state index contributed by atoms with van der Waals surface area (Å²) in [6.07, 6.45) is 0.264. The molecule has 4 aromatic rings. The molecule has 1 amide bonds. The number of ketones is 1. The van der Waals surface area contributed by atoms with Crippen molar-refractivity contribution in [3.63, 3.8) is 0 Å². The van der Waals surface area contributed by atoms with Gasteiger partial charge in [0.25, 0.3) is 0 Å². The second-order valence-corrected chi connectivity index (χ2v) is 9.85. The van der Waals surface area contributed by atoms with Crippen LogP contribution in [0.3, 0.4) is 0 Å². The van der Waals surface area contributed by atoms with Gasteiger partial charge in [-0.2, -0.15) is 0 Å². The number of likely N-dealkylation sites (N-methyl/N-ethyl adjacent to an activating group) is 1. The van der Waals surface area contributed by atoms with Gasteiger partial charge in [-0.05, 0) is 59.6 Å². The number of benzene rings is 4. The normalized spacial score (nSPS) is 13.9. The summed E-state index contributed by atoms with van der Waals surface area (Å²) in [5.74, 6) is 0.795. The maximum atomic E-state index is 13.2. The molecule has 194 valence electrons. The smallest absolute Gasteiger partial charge is 0.228 e. The largest absolute Gasteiger partial charge is 0.495 e. The van der Waals surface area contributed by atoms with E-state index in [1.807, 2.05) is 60.7 Å². The molecule has 6 heteroatoms. The van der Waals surface area contributed by atoms with Crippen LogP contribution >= 0.6 is 0 Å². The zero-order valence-corrected chi connectivity index (χ0v) is 22.2. The maximum Gasteiger partial charge on any atom is 0.228 e. The third-order valence-corrected chi connectivity index (χ3v) is 7.27. The number of nitrogens with one attached hydrogen (secondary N) is 1. The van der Waals surface area contributed by atoms with Gasteiger partial charge in [0.1, 0.15) is 5.75 Å². The summed E-state index contributed by atoms with van der Waals surface area (Å²) in [6.45, 7) is 5.39. The van der Waals surface area contributed by atoms with Crippen LogP contribution in [0, 0.1) is 0 Å². The van der Waals surface area contributed by atoms with Gasteiger partial charge in [-0.3, -0.25) is 9.59 Å². The van der Waals surface area contributed by atoms with Crippen LogP contribution in [0.5, 0.6) is 5.75 Å². The molecule has 38 heavy (non-hydrogen) atoms. The summed E-state index contributed by atoms with van der Waals surface area (Å²) < 4.78 is 5.61. The van der Waals surface area contributed by atoms with Gasteiger partial charge in [0, 0.05) is 37.4 Å². The van der Waals surface area contributed by atoms with Crippen molar-refractivity contribution in [3.8, 4) is 16.9 Å². The van der Waals surface area contributed by atoms with Gasteiger partial charge in [-0.1, -0.05) is 60.7 Å². The second-order valence-electron chi connectivity index (χ2n) is 9.85. The van der Waals surface area contributed by atoms with Gasteiger partial charge >= 0.3 is 0 Å². The Morgan fingerprint density at radius 2 is 1.58 bits per heavy atom. The van der Waals surface area contributed by atoms with E-state index in [1.165, 1.54) is 0 Å². The van der Waals surface area contributed by atoms with Crippen LogP contribution in [0.15, 0.2) is 78.9 Å². The number of amides is 1. The lowest BCUT2D eigenvalue weighted by molar-refractivity contribution is -0.115. The molecule has 6 nitrogen and oxygen atoms in total. The highest BCUT2D eigenvalue weighted by molar-refractivity contribution is 6.02. The Morgan fingerprint density at radius 3 is 2.29 bits per heavy atom. The molecule has 0 aliphatic carbocycles. The lowest BCUT2D eigenvalue weighted by atomic mass is 9.94. The van der Waals surface area contributed by atoms with E-state index in [0.29, 0.717) is 5.56 Å². The summed E-state index contributed by atoms with van der Waals surface area (Å²) in [5, 5.41) is 5.22. The zero-order chi connectivity index (χ0) is 26.6. The average Bonchev–Trinajstić information content (AvgIpc) is 2.93. The van der Waals surface area contributed by atoms with Crippen LogP contribution in [0.2, 0.25) is 0 Å². The number of methoxy groups -OCH3 is 1. The van der Waals surface area contributed by atoms with Gasteiger partial charge in [0.05, 0.1) is 19.2 Å². The first-order valence-corrected chi connectivity index (χ1v) is 13.0. The molecule has 0 atom stereocenters. The molecular formula is C32H33N3O3. The summed E-state index contributed by atoms with van der Waals surface area (Å²) in [6, 6.07) is 25.7. The number of nitrogens with zero attached hydrogens (tertiary/aromatic N) is 2. The van der Waals surface area contributed by atoms with E-state index in [0.717, 1.165) is 70.8 Å². The quantitative estimate of drug-likeness (QED) is 0.328. The molecule has 0 saturated carbocycles. The van der Waals surface area contributed by atoms with E-state index in [4.69, 9.17) is 4.74 Å². The maximum absolute atomic E-state index is 13.2. The average molecular weight is 508 g/mol. The third kappa shape index (κ3) is 5.41. The molecule has 1 saturated heterocycles. The topological polar surface area (TPSA) is 61.9 Å². The monoisotopic (exact) mass is 507 g/mol. The summed E-state index contributed by atoms with van der Waals surface area (Å²) in [7, 11) is 3.81. The van der Waals surface area contributed by atoms with Crippen molar-refractivity contribution < 1.29 is 14.3 Å². The fourth-order valence-electron chi connectivity index (χ4n) is 5.11. The van der Waals surface area contributed by atoms with E-state index in [-0.39, 0.29) is 18.1 Å². The molecular weight excluding hydrogens is 474 g/mol. The number of piperazine rings is 1. The molecule has 1 heterocycles. The van der Waals surface area contributed by atoms with Gasteiger partial charge in [-0.15, -0.1) is 0 Å². The Labute approximate surface area is 223 Å². The minimum Gasteiger partial charge on any atom is -0.495 e. The molecule has 0 unspecified atom stereocenters. The van der Waals surface area contributed by atoms with Crippen LogP contribution < -0.4 is 15.0 Å². The first-order chi connectivity index (χ1) is 18.4. The van der Waals surface area contributed by atoms with Crippen molar-refractivity contribution >= 4 is 33.8 Å². The molecule has 0 spiro atoms. The first-order valence-electron chi connectivity index (χ1n) is 13.0. The zero-order valence-electron chi connectivity index (χ0n) is 22.2. The van der Waals surface area contributed by atoms with E-state index < -0.39 is 0 Å². The lowest BCUT2D eigenvalue weighted by Crippen LogP contribution is -2.44. The Morgan fingerprint density at radius 1 is 0.868 bits per heavy atom. The highest BCUT2D eigenvalue weighted by atomic mass is 16.5. The number of Topliss-reactive ketones (excluding diaryl/α,β-unsaturated/α-hetero) is 1. The minimum absolute atomic E-state index is 0.0512. The van der Waals surface area contributed by atoms with Crippen molar-refractivity contribution in [2.75, 3.05) is 50.6 Å². The summed E-state index contributed by atoms with van der Waals surface area (Å²) in [5.41, 5.74) is 5.54. The standard InChI is InChI=1S/C32H33N3O3/c1-22(36)23-10-12-24(13-11-23)27-7-5-8-28-25(6-4-9-29(27)28)20-32(37)33-26-14-15-31(38-3)30(21-26)35-18-16-34(2)17-19-35/h4-15,21H,16-20H2,1-3H3,(H,33,37). The van der Waals surface area contributed by atoms with Crippen LogP contribution in [0.25, 0.3) is 21.9 Å². The number of hydrogen-bond acceptors (Lipinski definition) is 5. The first kappa shape index (κ1) is 25.5. The van der Waals surface area contributed by atoms with Gasteiger partial charge in [0.15, 0.2) is 5.78 Å². The van der Waals surface area contributed by atoms with E-state index in [1.54, 1.807) is 14.0 Å². The van der Waals surface area contributed by atoms with Crippen molar-refractivity contribution in [2.24, 2.45) is 0 Å². The van der Waals surface area contributed by atoms with Crippen molar-refractivity contribution in [2.45, 2.75) is 13.3 Å². The molecule has 0 bridgehead atoms. The number of fused-ring (bicyclic) bond motifs is 1. The molecule has 1 N–H and O–H groups in total. The second kappa shape index (κ2) is 11.1. The molecule has 1 aliphatic heterocycles. The number of carbonyl (C=O) groups excluding carboxylic acids is 2. The van der Waals surface area contributed by atoms with Crippen LogP contribution in [-0.2, 0) is 11.2 Å². The van der Waals surface area contributed by atoms with Gasteiger partial charge in [0.2, 0.25) is 5.91 Å². The highest BCUT2D eigenvalue weighted by Gasteiger charge is 2.19. The number of ether oxygens (including phenoxy) is 1. The number of anilines is 2. The van der Waals surface area contributed by atoms with E-state index in [2.05, 4.69) is 40.4 Å². The van der Waals surface area contributed by atoms with Gasteiger partial charge < -0.3 is 19.9 Å². The van der Waals surface area contributed by atoms with Gasteiger partial charge in [-0.25, -0.2) is 0 Å². The molecule has 1 fully saturated rings. The Kier molecular flexibility index (Phi) is 7.43. The predicted octanol–water partition coefficient (Wildman–Crippen LogP) is 5.65. The van der Waals surface area contributed by atoms with Crippen molar-refractivity contribution in [1.82, 2.24) is 4.90 Å². The van der Waals surface area contributed by atoms with Crippen molar-refractivity contribution in [1.29, 1.82) is 0 Å². The summed E-state index contributed by atoms with van der Waals surface area (Å²) in [4.78, 5) is 29.5. The highest BCUT2D eigenvalue weighted by Crippen LogP contribution is 2.33. The minimum atomic E-state index is -0.0665. The van der Waals surface area contributed by atoms with Crippen molar-refractivity contribution in [3.05, 3.63) is 90.0 Å². The molecule has 5 rings (SSSR count).